The van der Waals surface area contributed by atoms with Crippen LogP contribution in [0.15, 0.2) is 72.8 Å². The van der Waals surface area contributed by atoms with Crippen LogP contribution in [0.25, 0.3) is 0 Å². The summed E-state index contributed by atoms with van der Waals surface area (Å²) in [6.45, 7) is 1.60. The van der Waals surface area contributed by atoms with Gasteiger partial charge in [0.15, 0.2) is 0 Å². The number of ether oxygens (including phenoxy) is 1. The van der Waals surface area contributed by atoms with Gasteiger partial charge in [-0.3, -0.25) is 9.10 Å². The predicted molar refractivity (Wildman–Crippen MR) is 128 cm³/mol. The fourth-order valence-corrected chi connectivity index (χ4v) is 4.41. The molecule has 3 rings (SSSR count). The second kappa shape index (κ2) is 10.1. The van der Waals surface area contributed by atoms with Crippen molar-refractivity contribution in [3.8, 4) is 5.75 Å². The van der Waals surface area contributed by atoms with E-state index in [1.165, 1.54) is 13.2 Å². The number of carbonyl (C=O) groups is 1. The molecule has 0 saturated carbocycles. The Morgan fingerprint density at radius 3 is 2.22 bits per heavy atom. The highest BCUT2D eigenvalue weighted by molar-refractivity contribution is 7.92. The average molecular weight is 473 g/mol. The number of benzene rings is 3. The van der Waals surface area contributed by atoms with Gasteiger partial charge in [-0.1, -0.05) is 71.8 Å². The minimum absolute atomic E-state index is 0.251. The molecule has 0 spiro atoms. The van der Waals surface area contributed by atoms with Gasteiger partial charge in [-0.15, -0.1) is 0 Å². The lowest BCUT2D eigenvalue weighted by atomic mass is 9.98. The van der Waals surface area contributed by atoms with Crippen LogP contribution in [-0.4, -0.2) is 34.2 Å². The lowest BCUT2D eigenvalue weighted by Crippen LogP contribution is -2.41. The topological polar surface area (TPSA) is 75.7 Å². The smallest absolute Gasteiger partial charge is 0.241 e. The van der Waals surface area contributed by atoms with E-state index >= 15 is 0 Å². The van der Waals surface area contributed by atoms with Gasteiger partial charge < -0.3 is 10.1 Å². The molecule has 8 heteroatoms. The van der Waals surface area contributed by atoms with Crippen molar-refractivity contribution in [2.45, 2.75) is 13.0 Å². The molecule has 6 nitrogen and oxygen atoms in total. The highest BCUT2D eigenvalue weighted by Crippen LogP contribution is 2.30. The van der Waals surface area contributed by atoms with Crippen LogP contribution >= 0.6 is 11.6 Å². The summed E-state index contributed by atoms with van der Waals surface area (Å²) in [5.74, 6) is -0.0337. The second-order valence-corrected chi connectivity index (χ2v) is 9.72. The van der Waals surface area contributed by atoms with E-state index in [9.17, 15) is 13.2 Å². The van der Waals surface area contributed by atoms with Crippen LogP contribution in [0, 0.1) is 6.92 Å². The van der Waals surface area contributed by atoms with Crippen LogP contribution < -0.4 is 14.4 Å². The molecule has 1 amide bonds. The fourth-order valence-electron chi connectivity index (χ4n) is 3.31. The molecule has 0 fully saturated rings. The van der Waals surface area contributed by atoms with Gasteiger partial charge in [0.25, 0.3) is 0 Å². The predicted octanol–water partition coefficient (Wildman–Crippen LogP) is 4.33. The van der Waals surface area contributed by atoms with Crippen molar-refractivity contribution in [2.75, 3.05) is 24.2 Å². The SMILES string of the molecule is COc1ccc(N(CC(=O)N[C@H](c2ccccc2)c2ccc(C)cc2)S(C)(=O)=O)cc1Cl. The maximum absolute atomic E-state index is 13.0. The van der Waals surface area contributed by atoms with Crippen molar-refractivity contribution < 1.29 is 17.9 Å². The maximum atomic E-state index is 13.0. The Balaban J connectivity index is 1.89. The van der Waals surface area contributed by atoms with Crippen LogP contribution in [0.2, 0.25) is 5.02 Å². The van der Waals surface area contributed by atoms with E-state index in [0.717, 1.165) is 27.3 Å². The molecule has 1 atom stereocenters. The standard InChI is InChI=1S/C24H25ClN2O4S/c1-17-9-11-19(12-10-17)24(18-7-5-4-6-8-18)26-23(28)16-27(32(3,29)30)20-13-14-22(31-2)21(25)15-20/h4-15,24H,16H2,1-3H3,(H,26,28)/t24-/m1/s1. The molecule has 0 unspecified atom stereocenters. The Hall–Kier alpha value is -3.03. The van der Waals surface area contributed by atoms with Gasteiger partial charge in [-0.2, -0.15) is 0 Å². The summed E-state index contributed by atoms with van der Waals surface area (Å²) in [4.78, 5) is 13.0. The van der Waals surface area contributed by atoms with E-state index in [4.69, 9.17) is 16.3 Å². The summed E-state index contributed by atoms with van der Waals surface area (Å²) in [5, 5.41) is 3.23. The summed E-state index contributed by atoms with van der Waals surface area (Å²) >= 11 is 6.17. The molecule has 3 aromatic rings. The van der Waals surface area contributed by atoms with E-state index in [2.05, 4.69) is 5.32 Å². The molecule has 1 N–H and O–H groups in total. The highest BCUT2D eigenvalue weighted by atomic mass is 35.5. The Bertz CT molecular complexity index is 1180. The highest BCUT2D eigenvalue weighted by Gasteiger charge is 2.24. The maximum Gasteiger partial charge on any atom is 0.241 e. The number of hydrogen-bond donors (Lipinski definition) is 1. The number of amides is 1. The monoisotopic (exact) mass is 472 g/mol. The molecule has 0 aliphatic heterocycles. The lowest BCUT2D eigenvalue weighted by Gasteiger charge is -2.25. The molecule has 0 bridgehead atoms. The number of anilines is 1. The molecule has 3 aromatic carbocycles. The summed E-state index contributed by atoms with van der Waals surface area (Å²) in [5.41, 5.74) is 3.17. The summed E-state index contributed by atoms with van der Waals surface area (Å²) in [6.07, 6.45) is 1.05. The van der Waals surface area contributed by atoms with E-state index < -0.39 is 28.5 Å². The molecular formula is C24H25ClN2O4S. The zero-order chi connectivity index (χ0) is 23.3. The quantitative estimate of drug-likeness (QED) is 0.529. The zero-order valence-electron chi connectivity index (χ0n) is 18.1. The number of sulfonamides is 1. The van der Waals surface area contributed by atoms with E-state index in [0.29, 0.717) is 5.75 Å². The third kappa shape index (κ3) is 5.81. The molecule has 0 aliphatic carbocycles. The van der Waals surface area contributed by atoms with Gasteiger partial charge in [0, 0.05) is 0 Å². The molecule has 0 heterocycles. The third-order valence-corrected chi connectivity index (χ3v) is 6.40. The van der Waals surface area contributed by atoms with Gasteiger partial charge in [-0.25, -0.2) is 8.42 Å². The number of nitrogens with zero attached hydrogens (tertiary/aromatic N) is 1. The van der Waals surface area contributed by atoms with Crippen LogP contribution in [0.4, 0.5) is 5.69 Å². The second-order valence-electron chi connectivity index (χ2n) is 7.41. The molecule has 0 aromatic heterocycles. The van der Waals surface area contributed by atoms with E-state index in [1.807, 2.05) is 61.5 Å². The first kappa shape index (κ1) is 23.6. The van der Waals surface area contributed by atoms with Crippen molar-refractivity contribution in [3.63, 3.8) is 0 Å². The first-order valence-corrected chi connectivity index (χ1v) is 12.1. The lowest BCUT2D eigenvalue weighted by molar-refractivity contribution is -0.120. The van der Waals surface area contributed by atoms with Crippen LogP contribution in [-0.2, 0) is 14.8 Å². The molecule has 168 valence electrons. The van der Waals surface area contributed by atoms with Crippen LogP contribution in [0.1, 0.15) is 22.7 Å². The minimum Gasteiger partial charge on any atom is -0.495 e. The molecular weight excluding hydrogens is 448 g/mol. The zero-order valence-corrected chi connectivity index (χ0v) is 19.7. The van der Waals surface area contributed by atoms with Gasteiger partial charge in [0.05, 0.1) is 30.1 Å². The Labute approximate surface area is 193 Å². The normalized spacial score (nSPS) is 12.1. The number of carbonyl (C=O) groups excluding carboxylic acids is 1. The number of aryl methyl sites for hydroxylation is 1. The molecule has 0 aliphatic rings. The first-order valence-electron chi connectivity index (χ1n) is 9.91. The molecule has 0 radical (unpaired) electrons. The first-order chi connectivity index (χ1) is 15.2. The molecule has 0 saturated heterocycles. The Morgan fingerprint density at radius 2 is 1.66 bits per heavy atom. The van der Waals surface area contributed by atoms with E-state index in [-0.39, 0.29) is 10.7 Å². The third-order valence-electron chi connectivity index (χ3n) is 4.96. The van der Waals surface area contributed by atoms with Crippen molar-refractivity contribution in [3.05, 3.63) is 94.5 Å². The summed E-state index contributed by atoms with van der Waals surface area (Å²) < 4.78 is 31.1. The van der Waals surface area contributed by atoms with Crippen molar-refractivity contribution in [1.82, 2.24) is 5.32 Å². The fraction of sp³-hybridized carbons (Fsp3) is 0.208. The average Bonchev–Trinajstić information content (AvgIpc) is 2.76. The summed E-state index contributed by atoms with van der Waals surface area (Å²) in [7, 11) is -2.28. The Morgan fingerprint density at radius 1 is 1.03 bits per heavy atom. The largest absolute Gasteiger partial charge is 0.495 e. The number of nitrogens with one attached hydrogen (secondary N) is 1. The van der Waals surface area contributed by atoms with Gasteiger partial charge in [-0.05, 0) is 36.2 Å². The Kier molecular flexibility index (Phi) is 7.43. The van der Waals surface area contributed by atoms with Crippen molar-refractivity contribution in [1.29, 1.82) is 0 Å². The van der Waals surface area contributed by atoms with Crippen molar-refractivity contribution in [2.24, 2.45) is 0 Å². The number of methoxy groups -OCH3 is 1. The van der Waals surface area contributed by atoms with Crippen LogP contribution in [0.5, 0.6) is 5.75 Å². The molecule has 32 heavy (non-hydrogen) atoms. The number of halogens is 1. The van der Waals surface area contributed by atoms with Gasteiger partial charge in [0.1, 0.15) is 12.3 Å². The minimum atomic E-state index is -3.75. The summed E-state index contributed by atoms with van der Waals surface area (Å²) in [6, 6.07) is 21.5. The number of rotatable bonds is 8. The van der Waals surface area contributed by atoms with Gasteiger partial charge in [0.2, 0.25) is 15.9 Å². The van der Waals surface area contributed by atoms with E-state index in [1.54, 1.807) is 12.1 Å². The van der Waals surface area contributed by atoms with Crippen molar-refractivity contribution >= 4 is 33.2 Å². The van der Waals surface area contributed by atoms with Crippen LogP contribution in [0.3, 0.4) is 0 Å². The number of hydrogen-bond acceptors (Lipinski definition) is 4. The van der Waals surface area contributed by atoms with Gasteiger partial charge >= 0.3 is 0 Å².